The molecule has 0 radical (unpaired) electrons. The van der Waals surface area contributed by atoms with Crippen LogP contribution >= 0.6 is 11.8 Å². The fraction of sp³-hybridized carbons (Fsp3) is 0.500. The smallest absolute Gasteiger partial charge is 0.255 e. The summed E-state index contributed by atoms with van der Waals surface area (Å²) in [5, 5.41) is 0.617. The summed E-state index contributed by atoms with van der Waals surface area (Å²) in [6.07, 6.45) is 1.05. The number of nitrogens with one attached hydrogen (secondary N) is 1. The van der Waals surface area contributed by atoms with E-state index in [1.165, 1.54) is 24.9 Å². The van der Waals surface area contributed by atoms with Crippen molar-refractivity contribution in [1.82, 2.24) is 9.97 Å². The minimum absolute atomic E-state index is 0.176. The van der Waals surface area contributed by atoms with E-state index in [-0.39, 0.29) is 5.56 Å². The third-order valence-electron chi connectivity index (χ3n) is 1.35. The molecule has 13 heavy (non-hydrogen) atoms. The van der Waals surface area contributed by atoms with Crippen molar-refractivity contribution in [2.45, 2.75) is 18.5 Å². The summed E-state index contributed by atoms with van der Waals surface area (Å²) in [4.78, 5) is 17.8. The van der Waals surface area contributed by atoms with Gasteiger partial charge >= 0.3 is 0 Å². The third kappa shape index (κ3) is 3.10. The summed E-state index contributed by atoms with van der Waals surface area (Å²) in [6.45, 7) is 2.07. The summed E-state index contributed by atoms with van der Waals surface area (Å²) in [7, 11) is 1.50. The third-order valence-corrected chi connectivity index (χ3v) is 2.43. The Hall–Kier alpha value is -0.970. The summed E-state index contributed by atoms with van der Waals surface area (Å²) in [5.41, 5.74) is -0.176. The van der Waals surface area contributed by atoms with Crippen LogP contribution in [0.25, 0.3) is 0 Å². The first kappa shape index (κ1) is 10.1. The van der Waals surface area contributed by atoms with E-state index >= 15 is 0 Å². The first-order chi connectivity index (χ1) is 6.26. The highest BCUT2D eigenvalue weighted by molar-refractivity contribution is 7.99. The van der Waals surface area contributed by atoms with Crippen LogP contribution < -0.4 is 10.3 Å². The SMILES string of the molecule is CCCSc1nc(OC)cc(=O)[nH]1. The van der Waals surface area contributed by atoms with Crippen molar-refractivity contribution in [3.05, 3.63) is 16.4 Å². The maximum Gasteiger partial charge on any atom is 0.255 e. The lowest BCUT2D eigenvalue weighted by molar-refractivity contribution is 0.391. The van der Waals surface area contributed by atoms with Crippen molar-refractivity contribution in [3.63, 3.8) is 0 Å². The van der Waals surface area contributed by atoms with Gasteiger partial charge in [0, 0.05) is 5.75 Å². The number of rotatable bonds is 4. The molecule has 0 amide bonds. The highest BCUT2D eigenvalue weighted by Crippen LogP contribution is 2.14. The van der Waals surface area contributed by atoms with Gasteiger partial charge in [-0.25, -0.2) is 0 Å². The van der Waals surface area contributed by atoms with E-state index in [2.05, 4.69) is 16.9 Å². The lowest BCUT2D eigenvalue weighted by atomic mass is 10.6. The molecular weight excluding hydrogens is 188 g/mol. The molecule has 0 aliphatic rings. The molecule has 0 aliphatic carbocycles. The zero-order chi connectivity index (χ0) is 9.68. The maximum atomic E-state index is 11.0. The second-order valence-electron chi connectivity index (χ2n) is 2.44. The van der Waals surface area contributed by atoms with E-state index in [4.69, 9.17) is 4.74 Å². The van der Waals surface area contributed by atoms with Crippen molar-refractivity contribution >= 4 is 11.8 Å². The molecule has 1 aromatic heterocycles. The molecule has 0 saturated carbocycles. The van der Waals surface area contributed by atoms with Gasteiger partial charge in [-0.05, 0) is 6.42 Å². The molecule has 0 aliphatic heterocycles. The zero-order valence-electron chi connectivity index (χ0n) is 7.66. The van der Waals surface area contributed by atoms with Crippen molar-refractivity contribution in [2.24, 2.45) is 0 Å². The van der Waals surface area contributed by atoms with Gasteiger partial charge in [0.25, 0.3) is 5.56 Å². The van der Waals surface area contributed by atoms with Crippen molar-refractivity contribution in [2.75, 3.05) is 12.9 Å². The van der Waals surface area contributed by atoms with Crippen LogP contribution in [-0.4, -0.2) is 22.8 Å². The summed E-state index contributed by atoms with van der Waals surface area (Å²) in [6, 6.07) is 1.33. The molecule has 72 valence electrons. The topological polar surface area (TPSA) is 55.0 Å². The fourth-order valence-corrected chi connectivity index (χ4v) is 1.51. The lowest BCUT2D eigenvalue weighted by Crippen LogP contribution is -2.08. The molecule has 0 saturated heterocycles. The van der Waals surface area contributed by atoms with Crippen molar-refractivity contribution in [1.29, 1.82) is 0 Å². The molecule has 1 heterocycles. The van der Waals surface area contributed by atoms with Crippen LogP contribution in [0.2, 0.25) is 0 Å². The highest BCUT2D eigenvalue weighted by Gasteiger charge is 2.00. The van der Waals surface area contributed by atoms with Gasteiger partial charge in [0.2, 0.25) is 5.88 Å². The van der Waals surface area contributed by atoms with E-state index < -0.39 is 0 Å². The number of ether oxygens (including phenoxy) is 1. The fourth-order valence-electron chi connectivity index (χ4n) is 0.786. The normalized spacial score (nSPS) is 10.0. The van der Waals surface area contributed by atoms with Gasteiger partial charge in [0.15, 0.2) is 5.16 Å². The standard InChI is InChI=1S/C8H12N2O2S/c1-3-4-13-8-9-6(11)5-7(10-8)12-2/h5H,3-4H2,1-2H3,(H,9,10,11). The van der Waals surface area contributed by atoms with Crippen LogP contribution in [-0.2, 0) is 0 Å². The van der Waals surface area contributed by atoms with E-state index in [0.29, 0.717) is 11.0 Å². The van der Waals surface area contributed by atoms with Gasteiger partial charge in [-0.15, -0.1) is 0 Å². The molecule has 0 unspecified atom stereocenters. The van der Waals surface area contributed by atoms with Crippen LogP contribution in [0.15, 0.2) is 16.0 Å². The van der Waals surface area contributed by atoms with Gasteiger partial charge in [-0.1, -0.05) is 18.7 Å². The van der Waals surface area contributed by atoms with E-state index in [0.717, 1.165) is 12.2 Å². The van der Waals surface area contributed by atoms with E-state index in [1.54, 1.807) is 0 Å². The van der Waals surface area contributed by atoms with Gasteiger partial charge < -0.3 is 9.72 Å². The van der Waals surface area contributed by atoms with Crippen LogP contribution in [0.1, 0.15) is 13.3 Å². The number of aromatic amines is 1. The quantitative estimate of drug-likeness (QED) is 0.587. The molecule has 5 heteroatoms. The number of hydrogen-bond donors (Lipinski definition) is 1. The molecule has 4 nitrogen and oxygen atoms in total. The van der Waals surface area contributed by atoms with Crippen LogP contribution in [0.5, 0.6) is 5.88 Å². The Morgan fingerprint density at radius 2 is 2.46 bits per heavy atom. The van der Waals surface area contributed by atoms with Crippen LogP contribution in [0.3, 0.4) is 0 Å². The number of thioether (sulfide) groups is 1. The molecule has 0 aromatic carbocycles. The number of methoxy groups -OCH3 is 1. The summed E-state index contributed by atoms with van der Waals surface area (Å²) in [5.74, 6) is 1.30. The molecule has 1 aromatic rings. The average Bonchev–Trinajstić information content (AvgIpc) is 2.14. The van der Waals surface area contributed by atoms with Gasteiger partial charge in [0.05, 0.1) is 13.2 Å². The van der Waals surface area contributed by atoms with Gasteiger partial charge in [0.1, 0.15) is 0 Å². The average molecular weight is 200 g/mol. The molecule has 0 atom stereocenters. The molecule has 1 rings (SSSR count). The van der Waals surface area contributed by atoms with Crippen LogP contribution in [0.4, 0.5) is 0 Å². The molecular formula is C8H12N2O2S. The van der Waals surface area contributed by atoms with Gasteiger partial charge in [-0.2, -0.15) is 4.98 Å². The minimum atomic E-state index is -0.176. The molecule has 0 bridgehead atoms. The molecule has 0 fully saturated rings. The number of nitrogens with zero attached hydrogens (tertiary/aromatic N) is 1. The summed E-state index contributed by atoms with van der Waals surface area (Å²) >= 11 is 1.52. The number of aromatic nitrogens is 2. The zero-order valence-corrected chi connectivity index (χ0v) is 8.48. The first-order valence-electron chi connectivity index (χ1n) is 4.04. The molecule has 0 spiro atoms. The highest BCUT2D eigenvalue weighted by atomic mass is 32.2. The van der Waals surface area contributed by atoms with Crippen molar-refractivity contribution in [3.8, 4) is 5.88 Å². The van der Waals surface area contributed by atoms with Crippen LogP contribution in [0, 0.1) is 0 Å². The van der Waals surface area contributed by atoms with E-state index in [1.807, 2.05) is 0 Å². The lowest BCUT2D eigenvalue weighted by Gasteiger charge is -2.01. The Kier molecular flexibility index (Phi) is 3.82. The Morgan fingerprint density at radius 1 is 1.69 bits per heavy atom. The second-order valence-corrected chi connectivity index (χ2v) is 3.52. The minimum Gasteiger partial charge on any atom is -0.481 e. The number of H-pyrrole nitrogens is 1. The van der Waals surface area contributed by atoms with Crippen molar-refractivity contribution < 1.29 is 4.74 Å². The predicted molar refractivity (Wildman–Crippen MR) is 52.4 cm³/mol. The second kappa shape index (κ2) is 4.91. The Balaban J connectivity index is 2.82. The van der Waals surface area contributed by atoms with E-state index in [9.17, 15) is 4.79 Å². The Morgan fingerprint density at radius 3 is 3.08 bits per heavy atom. The van der Waals surface area contributed by atoms with Gasteiger partial charge in [-0.3, -0.25) is 4.79 Å². The monoisotopic (exact) mass is 200 g/mol. The summed E-state index contributed by atoms with van der Waals surface area (Å²) < 4.78 is 4.87. The number of hydrogen-bond acceptors (Lipinski definition) is 4. The predicted octanol–water partition coefficient (Wildman–Crippen LogP) is 1.28. The molecule has 1 N–H and O–H groups in total. The first-order valence-corrected chi connectivity index (χ1v) is 5.03. The Labute approximate surface area is 80.7 Å². The Bertz CT molecular complexity index is 324. The largest absolute Gasteiger partial charge is 0.481 e. The maximum absolute atomic E-state index is 11.0.